The number of hydrogen-bond acceptors (Lipinski definition) is 2. The number of likely N-dealkylation sites (tertiary alicyclic amines) is 1. The quantitative estimate of drug-likeness (QED) is 0.769. The fourth-order valence-corrected chi connectivity index (χ4v) is 2.84. The van der Waals surface area contributed by atoms with Gasteiger partial charge in [-0.1, -0.05) is 27.7 Å². The second kappa shape index (κ2) is 5.31. The Morgan fingerprint density at radius 1 is 1.40 bits per heavy atom. The van der Waals surface area contributed by atoms with Gasteiger partial charge >= 0.3 is 0 Å². The van der Waals surface area contributed by atoms with Crippen LogP contribution in [-0.4, -0.2) is 37.6 Å². The molecule has 0 aromatic carbocycles. The maximum Gasteiger partial charge on any atom is 0.0144 e. The number of hydrogen-bond donors (Lipinski definition) is 1. The van der Waals surface area contributed by atoms with E-state index in [1.165, 1.54) is 25.9 Å². The van der Waals surface area contributed by atoms with E-state index in [1.807, 2.05) is 7.05 Å². The van der Waals surface area contributed by atoms with Crippen molar-refractivity contribution < 1.29 is 0 Å². The molecule has 2 nitrogen and oxygen atoms in total. The van der Waals surface area contributed by atoms with Crippen molar-refractivity contribution >= 4 is 0 Å². The monoisotopic (exact) mass is 212 g/mol. The summed E-state index contributed by atoms with van der Waals surface area (Å²) in [6, 6.07) is 0.789. The molecule has 2 unspecified atom stereocenters. The molecule has 1 N–H and O–H groups in total. The van der Waals surface area contributed by atoms with Gasteiger partial charge in [-0.05, 0) is 44.3 Å². The zero-order valence-electron chi connectivity index (χ0n) is 11.1. The summed E-state index contributed by atoms with van der Waals surface area (Å²) >= 11 is 0. The molecule has 1 aliphatic heterocycles. The van der Waals surface area contributed by atoms with Crippen LogP contribution in [0.15, 0.2) is 0 Å². The molecular formula is C13H28N2. The maximum atomic E-state index is 3.27. The largest absolute Gasteiger partial charge is 0.319 e. The van der Waals surface area contributed by atoms with Crippen molar-refractivity contribution in [1.29, 1.82) is 0 Å². The van der Waals surface area contributed by atoms with Crippen molar-refractivity contribution in [2.24, 2.45) is 11.3 Å². The normalized spacial score (nSPS) is 25.8. The molecule has 1 fully saturated rings. The first-order valence-corrected chi connectivity index (χ1v) is 6.33. The summed E-state index contributed by atoms with van der Waals surface area (Å²) in [6.45, 7) is 13.1. The summed E-state index contributed by atoms with van der Waals surface area (Å²) in [6.07, 6.45) is 2.77. The maximum absolute atomic E-state index is 3.27. The molecule has 0 amide bonds. The lowest BCUT2D eigenvalue weighted by molar-refractivity contribution is 0.125. The summed E-state index contributed by atoms with van der Waals surface area (Å²) in [5.41, 5.74) is 0.440. The first-order valence-electron chi connectivity index (χ1n) is 6.33. The van der Waals surface area contributed by atoms with Crippen molar-refractivity contribution in [1.82, 2.24) is 10.2 Å². The third-order valence-corrected chi connectivity index (χ3v) is 3.46. The summed E-state index contributed by atoms with van der Waals surface area (Å²) in [4.78, 5) is 2.70. The minimum atomic E-state index is 0.440. The Balaban J connectivity index is 2.46. The first-order chi connectivity index (χ1) is 6.95. The molecule has 0 aromatic rings. The lowest BCUT2D eigenvalue weighted by Crippen LogP contribution is -2.42. The highest BCUT2D eigenvalue weighted by Gasteiger charge is 2.34. The van der Waals surface area contributed by atoms with Gasteiger partial charge in [-0.2, -0.15) is 0 Å². The van der Waals surface area contributed by atoms with Crippen LogP contribution in [0.5, 0.6) is 0 Å². The molecule has 0 aromatic heterocycles. The predicted octanol–water partition coefficient (Wildman–Crippen LogP) is 2.35. The zero-order valence-corrected chi connectivity index (χ0v) is 11.1. The van der Waals surface area contributed by atoms with Crippen LogP contribution in [0.3, 0.4) is 0 Å². The molecule has 90 valence electrons. The van der Waals surface area contributed by atoms with Gasteiger partial charge in [0.2, 0.25) is 0 Å². The van der Waals surface area contributed by atoms with Crippen molar-refractivity contribution in [2.45, 2.75) is 46.6 Å². The topological polar surface area (TPSA) is 15.3 Å². The lowest BCUT2D eigenvalue weighted by atomic mass is 9.85. The number of nitrogens with one attached hydrogen (secondary N) is 1. The molecule has 0 saturated carbocycles. The van der Waals surface area contributed by atoms with Gasteiger partial charge in [-0.25, -0.2) is 0 Å². The highest BCUT2D eigenvalue weighted by Crippen LogP contribution is 2.32. The molecule has 0 aliphatic carbocycles. The van der Waals surface area contributed by atoms with E-state index < -0.39 is 0 Å². The molecule has 15 heavy (non-hydrogen) atoms. The molecule has 1 rings (SSSR count). The SMILES string of the molecule is CNCC(C)CN1CCCC1C(C)(C)C. The second-order valence-electron chi connectivity index (χ2n) is 6.18. The van der Waals surface area contributed by atoms with Gasteiger partial charge in [-0.3, -0.25) is 4.90 Å². The van der Waals surface area contributed by atoms with E-state index in [-0.39, 0.29) is 0 Å². The summed E-state index contributed by atoms with van der Waals surface area (Å²) in [5, 5.41) is 3.27. The molecule has 1 aliphatic rings. The standard InChI is InChI=1S/C13H28N2/c1-11(9-14-5)10-15-8-6-7-12(15)13(2,3)4/h11-12,14H,6-10H2,1-5H3. The van der Waals surface area contributed by atoms with Crippen molar-refractivity contribution in [3.8, 4) is 0 Å². The van der Waals surface area contributed by atoms with Crippen LogP contribution in [-0.2, 0) is 0 Å². The van der Waals surface area contributed by atoms with E-state index >= 15 is 0 Å². The van der Waals surface area contributed by atoms with Crippen molar-refractivity contribution in [3.05, 3.63) is 0 Å². The summed E-state index contributed by atoms with van der Waals surface area (Å²) < 4.78 is 0. The van der Waals surface area contributed by atoms with Gasteiger partial charge in [0.25, 0.3) is 0 Å². The van der Waals surface area contributed by atoms with Crippen LogP contribution in [0.4, 0.5) is 0 Å². The predicted molar refractivity (Wildman–Crippen MR) is 67.1 cm³/mol. The van der Waals surface area contributed by atoms with E-state index in [4.69, 9.17) is 0 Å². The zero-order chi connectivity index (χ0) is 11.5. The molecule has 0 spiro atoms. The third kappa shape index (κ3) is 3.76. The van der Waals surface area contributed by atoms with Crippen LogP contribution in [0, 0.1) is 11.3 Å². The molecule has 2 atom stereocenters. The molecular weight excluding hydrogens is 184 g/mol. The Labute approximate surface area is 95.4 Å². The Kier molecular flexibility index (Phi) is 4.60. The van der Waals surface area contributed by atoms with Crippen LogP contribution in [0.1, 0.15) is 40.5 Å². The fraction of sp³-hybridized carbons (Fsp3) is 1.00. The highest BCUT2D eigenvalue weighted by molar-refractivity contribution is 4.88. The van der Waals surface area contributed by atoms with Gasteiger partial charge in [0.1, 0.15) is 0 Å². The minimum Gasteiger partial charge on any atom is -0.319 e. The average molecular weight is 212 g/mol. The van der Waals surface area contributed by atoms with E-state index in [9.17, 15) is 0 Å². The Hall–Kier alpha value is -0.0800. The number of rotatable bonds is 4. The summed E-state index contributed by atoms with van der Waals surface area (Å²) in [5.74, 6) is 0.762. The number of nitrogens with zero attached hydrogens (tertiary/aromatic N) is 1. The average Bonchev–Trinajstić information content (AvgIpc) is 2.51. The van der Waals surface area contributed by atoms with E-state index in [0.29, 0.717) is 5.41 Å². The molecule has 0 bridgehead atoms. The van der Waals surface area contributed by atoms with Gasteiger partial charge in [0.15, 0.2) is 0 Å². The van der Waals surface area contributed by atoms with Crippen molar-refractivity contribution in [3.63, 3.8) is 0 Å². The third-order valence-electron chi connectivity index (χ3n) is 3.46. The molecule has 2 heteroatoms. The minimum absolute atomic E-state index is 0.440. The Morgan fingerprint density at radius 3 is 2.60 bits per heavy atom. The summed E-state index contributed by atoms with van der Waals surface area (Å²) in [7, 11) is 2.04. The van der Waals surface area contributed by atoms with E-state index in [2.05, 4.69) is 37.9 Å². The van der Waals surface area contributed by atoms with E-state index in [0.717, 1.165) is 18.5 Å². The molecule has 1 saturated heterocycles. The van der Waals surface area contributed by atoms with Gasteiger partial charge < -0.3 is 5.32 Å². The highest BCUT2D eigenvalue weighted by atomic mass is 15.2. The fourth-order valence-electron chi connectivity index (χ4n) is 2.84. The van der Waals surface area contributed by atoms with Gasteiger partial charge in [-0.15, -0.1) is 0 Å². The van der Waals surface area contributed by atoms with Crippen LogP contribution < -0.4 is 5.32 Å². The first kappa shape index (κ1) is 13.0. The lowest BCUT2D eigenvalue weighted by Gasteiger charge is -2.36. The Bertz CT molecular complexity index is 183. The molecule has 1 heterocycles. The smallest absolute Gasteiger partial charge is 0.0144 e. The van der Waals surface area contributed by atoms with Crippen LogP contribution in [0.25, 0.3) is 0 Å². The van der Waals surface area contributed by atoms with Gasteiger partial charge in [0, 0.05) is 12.6 Å². The van der Waals surface area contributed by atoms with Gasteiger partial charge in [0.05, 0.1) is 0 Å². The van der Waals surface area contributed by atoms with Crippen LogP contribution >= 0.6 is 0 Å². The second-order valence-corrected chi connectivity index (χ2v) is 6.18. The Morgan fingerprint density at radius 2 is 2.07 bits per heavy atom. The van der Waals surface area contributed by atoms with Crippen molar-refractivity contribution in [2.75, 3.05) is 26.7 Å². The van der Waals surface area contributed by atoms with E-state index in [1.54, 1.807) is 0 Å². The van der Waals surface area contributed by atoms with Crippen LogP contribution in [0.2, 0.25) is 0 Å². The molecule has 0 radical (unpaired) electrons.